The van der Waals surface area contributed by atoms with E-state index >= 15 is 0 Å². The van der Waals surface area contributed by atoms with Gasteiger partial charge in [0.05, 0.1) is 0 Å². The number of carbonyl (C=O) groups is 2. The monoisotopic (exact) mass is 387 g/mol. The Morgan fingerprint density at radius 3 is 2.48 bits per heavy atom. The first-order valence-electron chi connectivity index (χ1n) is 8.80. The van der Waals surface area contributed by atoms with Crippen molar-refractivity contribution in [2.45, 2.75) is 13.0 Å². The first-order chi connectivity index (χ1) is 13.0. The lowest BCUT2D eigenvalue weighted by atomic mass is 10.2. The molecule has 7 nitrogen and oxygen atoms in total. The molecule has 2 aromatic rings. The van der Waals surface area contributed by atoms with Crippen molar-refractivity contribution in [1.29, 1.82) is 0 Å². The number of rotatable bonds is 4. The van der Waals surface area contributed by atoms with Crippen molar-refractivity contribution in [2.24, 2.45) is 0 Å². The number of aromatic nitrogens is 1. The molecule has 1 fully saturated rings. The molecule has 1 atom stereocenters. The third kappa shape index (κ3) is 5.10. The van der Waals surface area contributed by atoms with Gasteiger partial charge in [0.25, 0.3) is 0 Å². The molecule has 0 saturated carbocycles. The number of pyridine rings is 1. The van der Waals surface area contributed by atoms with E-state index in [0.29, 0.717) is 36.9 Å². The van der Waals surface area contributed by atoms with Gasteiger partial charge in [0, 0.05) is 55.0 Å². The molecule has 2 heterocycles. The fraction of sp³-hybridized carbons (Fsp3) is 0.316. The summed E-state index contributed by atoms with van der Waals surface area (Å²) in [6, 6.07) is 10.2. The number of nitrogens with one attached hydrogen (secondary N) is 2. The Kier molecular flexibility index (Phi) is 6.13. The largest absolute Gasteiger partial charge is 0.368 e. The minimum Gasteiger partial charge on any atom is -0.368 e. The number of anilines is 2. The highest BCUT2D eigenvalue weighted by Gasteiger charge is 2.24. The lowest BCUT2D eigenvalue weighted by Gasteiger charge is -2.36. The van der Waals surface area contributed by atoms with Gasteiger partial charge in [0.2, 0.25) is 5.91 Å². The van der Waals surface area contributed by atoms with E-state index in [4.69, 9.17) is 11.6 Å². The van der Waals surface area contributed by atoms with Crippen LogP contribution in [0.25, 0.3) is 0 Å². The van der Waals surface area contributed by atoms with Crippen molar-refractivity contribution in [3.8, 4) is 0 Å². The zero-order valence-corrected chi connectivity index (χ0v) is 15.8. The summed E-state index contributed by atoms with van der Waals surface area (Å²) < 4.78 is 0. The van der Waals surface area contributed by atoms with E-state index in [1.807, 2.05) is 24.3 Å². The summed E-state index contributed by atoms with van der Waals surface area (Å²) in [6.45, 7) is 4.25. The number of carbonyl (C=O) groups excluding carboxylic acids is 2. The minimum atomic E-state index is -0.642. The highest BCUT2D eigenvalue weighted by atomic mass is 35.5. The number of hydrogen-bond donors (Lipinski definition) is 2. The maximum Gasteiger partial charge on any atom is 0.318 e. The lowest BCUT2D eigenvalue weighted by molar-refractivity contribution is -0.117. The van der Waals surface area contributed by atoms with Crippen molar-refractivity contribution >= 4 is 34.9 Å². The van der Waals surface area contributed by atoms with E-state index in [2.05, 4.69) is 20.5 Å². The molecule has 0 aliphatic carbocycles. The molecule has 3 rings (SSSR count). The summed E-state index contributed by atoms with van der Waals surface area (Å²) >= 11 is 6.05. The molecule has 8 heteroatoms. The maximum absolute atomic E-state index is 12.4. The second-order valence-electron chi connectivity index (χ2n) is 6.35. The van der Waals surface area contributed by atoms with Crippen LogP contribution in [0.3, 0.4) is 0 Å². The summed E-state index contributed by atoms with van der Waals surface area (Å²) in [5.41, 5.74) is 1.69. The van der Waals surface area contributed by atoms with Crippen LogP contribution in [0.1, 0.15) is 6.92 Å². The smallest absolute Gasteiger partial charge is 0.318 e. The molecule has 1 aromatic heterocycles. The van der Waals surface area contributed by atoms with Crippen LogP contribution in [0.5, 0.6) is 0 Å². The van der Waals surface area contributed by atoms with E-state index in [1.165, 1.54) is 0 Å². The third-order valence-electron chi connectivity index (χ3n) is 4.42. The molecule has 3 amide bonds. The van der Waals surface area contributed by atoms with Crippen molar-refractivity contribution in [3.63, 3.8) is 0 Å². The number of urea groups is 1. The highest BCUT2D eigenvalue weighted by molar-refractivity contribution is 6.30. The van der Waals surface area contributed by atoms with Gasteiger partial charge < -0.3 is 20.4 Å². The Bertz CT molecular complexity index is 794. The van der Waals surface area contributed by atoms with Crippen LogP contribution >= 0.6 is 11.6 Å². The summed E-state index contributed by atoms with van der Waals surface area (Å²) in [5.74, 6) is -0.271. The normalized spacial score (nSPS) is 15.2. The lowest BCUT2D eigenvalue weighted by Crippen LogP contribution is -2.54. The van der Waals surface area contributed by atoms with Crippen LogP contribution in [0, 0.1) is 0 Å². The summed E-state index contributed by atoms with van der Waals surface area (Å²) in [7, 11) is 0. The van der Waals surface area contributed by atoms with Crippen molar-refractivity contribution in [1.82, 2.24) is 15.2 Å². The molecule has 2 N–H and O–H groups in total. The molecule has 27 heavy (non-hydrogen) atoms. The Hall–Kier alpha value is -2.80. The summed E-state index contributed by atoms with van der Waals surface area (Å²) in [5, 5.41) is 6.20. The van der Waals surface area contributed by atoms with Crippen LogP contribution in [0.15, 0.2) is 48.8 Å². The van der Waals surface area contributed by atoms with E-state index in [-0.39, 0.29) is 11.9 Å². The molecule has 0 radical (unpaired) electrons. The number of benzene rings is 1. The van der Waals surface area contributed by atoms with E-state index in [9.17, 15) is 9.59 Å². The molecule has 1 aromatic carbocycles. The van der Waals surface area contributed by atoms with Gasteiger partial charge in [-0.3, -0.25) is 9.78 Å². The Balaban J connectivity index is 1.48. The van der Waals surface area contributed by atoms with Gasteiger partial charge in [-0.05, 0) is 37.3 Å². The molecule has 142 valence electrons. The molecule has 0 unspecified atom stereocenters. The second-order valence-corrected chi connectivity index (χ2v) is 6.79. The van der Waals surface area contributed by atoms with Crippen molar-refractivity contribution < 1.29 is 9.59 Å². The number of halogens is 1. The predicted octanol–water partition coefficient (Wildman–Crippen LogP) is 2.59. The molecule has 1 aliphatic rings. The van der Waals surface area contributed by atoms with E-state index in [0.717, 1.165) is 5.69 Å². The zero-order valence-electron chi connectivity index (χ0n) is 15.1. The second kappa shape index (κ2) is 8.73. The maximum atomic E-state index is 12.4. The van der Waals surface area contributed by atoms with Crippen LogP contribution in [0.4, 0.5) is 16.2 Å². The van der Waals surface area contributed by atoms with E-state index < -0.39 is 6.04 Å². The Labute approximate surface area is 163 Å². The molecule has 1 saturated heterocycles. The Morgan fingerprint density at radius 1 is 1.11 bits per heavy atom. The SMILES string of the molecule is C[C@@H](NC(=O)N1CCN(c2cccc(Cl)c2)CC1)C(=O)Nc1ccncc1. The van der Waals surface area contributed by atoms with Crippen LogP contribution < -0.4 is 15.5 Å². The molecular formula is C19H22ClN5O2. The fourth-order valence-electron chi connectivity index (χ4n) is 2.87. The van der Waals surface area contributed by atoms with Gasteiger partial charge >= 0.3 is 6.03 Å². The average Bonchev–Trinajstić information content (AvgIpc) is 2.69. The van der Waals surface area contributed by atoms with Crippen LogP contribution in [-0.4, -0.2) is 54.0 Å². The number of hydrogen-bond acceptors (Lipinski definition) is 4. The molecular weight excluding hydrogens is 366 g/mol. The average molecular weight is 388 g/mol. The quantitative estimate of drug-likeness (QED) is 0.845. The number of nitrogens with zero attached hydrogens (tertiary/aromatic N) is 3. The fourth-order valence-corrected chi connectivity index (χ4v) is 3.05. The van der Waals surface area contributed by atoms with Gasteiger partial charge in [0.15, 0.2) is 0 Å². The van der Waals surface area contributed by atoms with Crippen LogP contribution in [0.2, 0.25) is 5.02 Å². The number of amides is 3. The third-order valence-corrected chi connectivity index (χ3v) is 4.66. The topological polar surface area (TPSA) is 77.6 Å². The van der Waals surface area contributed by atoms with Gasteiger partial charge in [-0.2, -0.15) is 0 Å². The van der Waals surface area contributed by atoms with Gasteiger partial charge in [0.1, 0.15) is 6.04 Å². The Morgan fingerprint density at radius 2 is 1.81 bits per heavy atom. The van der Waals surface area contributed by atoms with Gasteiger partial charge in [-0.25, -0.2) is 4.79 Å². The van der Waals surface area contributed by atoms with Gasteiger partial charge in [-0.15, -0.1) is 0 Å². The number of piperazine rings is 1. The standard InChI is InChI=1S/C19H22ClN5O2/c1-14(18(26)23-16-5-7-21-8-6-16)22-19(27)25-11-9-24(10-12-25)17-4-2-3-15(20)13-17/h2-8,13-14H,9-12H2,1H3,(H,22,27)(H,21,23,26)/t14-/m1/s1. The highest BCUT2D eigenvalue weighted by Crippen LogP contribution is 2.20. The summed E-state index contributed by atoms with van der Waals surface area (Å²) in [4.78, 5) is 32.5. The first kappa shape index (κ1) is 19.0. The predicted molar refractivity (Wildman–Crippen MR) is 106 cm³/mol. The first-order valence-corrected chi connectivity index (χ1v) is 9.17. The van der Waals surface area contributed by atoms with Crippen molar-refractivity contribution in [2.75, 3.05) is 36.4 Å². The van der Waals surface area contributed by atoms with Crippen LogP contribution in [-0.2, 0) is 4.79 Å². The minimum absolute atomic E-state index is 0.238. The zero-order chi connectivity index (χ0) is 19.2. The molecule has 1 aliphatic heterocycles. The molecule has 0 spiro atoms. The van der Waals surface area contributed by atoms with Crippen molar-refractivity contribution in [3.05, 3.63) is 53.8 Å². The molecule has 0 bridgehead atoms. The van der Waals surface area contributed by atoms with E-state index in [1.54, 1.807) is 36.4 Å². The van der Waals surface area contributed by atoms with Gasteiger partial charge in [-0.1, -0.05) is 17.7 Å². The summed E-state index contributed by atoms with van der Waals surface area (Å²) in [6.07, 6.45) is 3.19.